The van der Waals surface area contributed by atoms with E-state index in [0.717, 1.165) is 0 Å². The number of benzene rings is 1. The molecule has 0 radical (unpaired) electrons. The molecule has 0 aromatic heterocycles. The van der Waals surface area contributed by atoms with E-state index in [1.54, 1.807) is 36.2 Å². The molecule has 1 amide bonds. The van der Waals surface area contributed by atoms with Crippen molar-refractivity contribution in [1.82, 2.24) is 0 Å². The Kier molecular flexibility index (Phi) is 3.96. The number of hydrogen-bond donors (Lipinski definition) is 2. The number of anilines is 1. The van der Waals surface area contributed by atoms with Crippen molar-refractivity contribution >= 4 is 17.4 Å². The van der Waals surface area contributed by atoms with Gasteiger partial charge in [-0.05, 0) is 12.1 Å². The maximum atomic E-state index is 12.1. The number of nitrogens with two attached hydrogens (primary N) is 1. The van der Waals surface area contributed by atoms with E-state index in [1.807, 2.05) is 20.8 Å². The van der Waals surface area contributed by atoms with Crippen LogP contribution in [-0.4, -0.2) is 24.0 Å². The molecule has 0 unspecified atom stereocenters. The fourth-order valence-electron chi connectivity index (χ4n) is 1.55. The van der Waals surface area contributed by atoms with Crippen LogP contribution in [0.3, 0.4) is 0 Å². The van der Waals surface area contributed by atoms with Gasteiger partial charge in [0.2, 0.25) is 5.91 Å². The average molecular weight is 249 g/mol. The highest BCUT2D eigenvalue weighted by Gasteiger charge is 2.25. The van der Waals surface area contributed by atoms with Crippen molar-refractivity contribution in [3.63, 3.8) is 0 Å². The van der Waals surface area contributed by atoms with Gasteiger partial charge in [0.15, 0.2) is 5.84 Å². The van der Waals surface area contributed by atoms with E-state index in [9.17, 15) is 4.79 Å². The van der Waals surface area contributed by atoms with Crippen LogP contribution in [-0.2, 0) is 4.79 Å². The summed E-state index contributed by atoms with van der Waals surface area (Å²) in [4.78, 5) is 13.7. The van der Waals surface area contributed by atoms with E-state index in [-0.39, 0.29) is 11.7 Å². The second-order valence-corrected chi connectivity index (χ2v) is 5.15. The van der Waals surface area contributed by atoms with Crippen LogP contribution < -0.4 is 10.6 Å². The van der Waals surface area contributed by atoms with Crippen molar-refractivity contribution in [2.24, 2.45) is 16.3 Å². The molecule has 0 saturated carbocycles. The minimum Gasteiger partial charge on any atom is -0.409 e. The molecule has 3 N–H and O–H groups in total. The van der Waals surface area contributed by atoms with Gasteiger partial charge in [0, 0.05) is 23.7 Å². The average Bonchev–Trinajstić information content (AvgIpc) is 2.35. The number of oxime groups is 1. The zero-order valence-electron chi connectivity index (χ0n) is 11.1. The van der Waals surface area contributed by atoms with Crippen LogP contribution in [0.25, 0.3) is 0 Å². The van der Waals surface area contributed by atoms with Crippen molar-refractivity contribution in [2.45, 2.75) is 20.8 Å². The number of rotatable bonds is 2. The third-order valence-corrected chi connectivity index (χ3v) is 2.58. The van der Waals surface area contributed by atoms with Gasteiger partial charge in [-0.1, -0.05) is 38.1 Å². The molecule has 0 atom stereocenters. The molecule has 1 aromatic carbocycles. The van der Waals surface area contributed by atoms with Crippen LogP contribution in [0.2, 0.25) is 0 Å². The van der Waals surface area contributed by atoms with Gasteiger partial charge in [-0.25, -0.2) is 0 Å². The Labute approximate surface area is 107 Å². The summed E-state index contributed by atoms with van der Waals surface area (Å²) in [6.45, 7) is 5.58. The monoisotopic (exact) mass is 249 g/mol. The SMILES string of the molecule is CN(C(=O)C(C)(C)C)c1cccc(C(N)=NO)c1. The van der Waals surface area contributed by atoms with Crippen molar-refractivity contribution in [3.05, 3.63) is 29.8 Å². The van der Waals surface area contributed by atoms with Crippen LogP contribution in [0.1, 0.15) is 26.3 Å². The fourth-order valence-corrected chi connectivity index (χ4v) is 1.55. The van der Waals surface area contributed by atoms with Crippen LogP contribution in [0.5, 0.6) is 0 Å². The van der Waals surface area contributed by atoms with Gasteiger partial charge < -0.3 is 15.8 Å². The summed E-state index contributed by atoms with van der Waals surface area (Å²) in [5, 5.41) is 11.6. The molecule has 5 heteroatoms. The first-order valence-electron chi connectivity index (χ1n) is 5.63. The standard InChI is InChI=1S/C13H19N3O2/c1-13(2,3)12(17)16(4)10-7-5-6-9(8-10)11(14)15-18/h5-8,18H,1-4H3,(H2,14,15). The van der Waals surface area contributed by atoms with E-state index < -0.39 is 5.41 Å². The lowest BCUT2D eigenvalue weighted by Crippen LogP contribution is -2.36. The highest BCUT2D eigenvalue weighted by atomic mass is 16.4. The molecule has 0 fully saturated rings. The predicted molar refractivity (Wildman–Crippen MR) is 71.8 cm³/mol. The molecule has 18 heavy (non-hydrogen) atoms. The van der Waals surface area contributed by atoms with E-state index in [4.69, 9.17) is 10.9 Å². The fraction of sp³-hybridized carbons (Fsp3) is 0.385. The summed E-state index contributed by atoms with van der Waals surface area (Å²) in [5.41, 5.74) is 6.34. The number of carbonyl (C=O) groups is 1. The van der Waals surface area contributed by atoms with E-state index in [0.29, 0.717) is 11.3 Å². The lowest BCUT2D eigenvalue weighted by molar-refractivity contribution is -0.125. The van der Waals surface area contributed by atoms with Gasteiger partial charge in [-0.2, -0.15) is 0 Å². The second-order valence-electron chi connectivity index (χ2n) is 5.15. The zero-order valence-corrected chi connectivity index (χ0v) is 11.1. The molecule has 1 rings (SSSR count). The number of hydrogen-bond acceptors (Lipinski definition) is 3. The van der Waals surface area contributed by atoms with Crippen molar-refractivity contribution in [1.29, 1.82) is 0 Å². The highest BCUT2D eigenvalue weighted by Crippen LogP contribution is 2.22. The molecule has 98 valence electrons. The van der Waals surface area contributed by atoms with E-state index in [1.165, 1.54) is 0 Å². The third kappa shape index (κ3) is 3.00. The number of amidine groups is 1. The Hall–Kier alpha value is -2.04. The minimum atomic E-state index is -0.457. The minimum absolute atomic E-state index is 0.000779. The molecule has 0 saturated heterocycles. The number of nitrogens with zero attached hydrogens (tertiary/aromatic N) is 2. The maximum Gasteiger partial charge on any atom is 0.232 e. The summed E-state index contributed by atoms with van der Waals surface area (Å²) in [6.07, 6.45) is 0. The number of amides is 1. The topological polar surface area (TPSA) is 78.9 Å². The van der Waals surface area contributed by atoms with Crippen LogP contribution >= 0.6 is 0 Å². The van der Waals surface area contributed by atoms with E-state index >= 15 is 0 Å². The molecule has 0 heterocycles. The molecule has 0 aliphatic carbocycles. The lowest BCUT2D eigenvalue weighted by Gasteiger charge is -2.26. The van der Waals surface area contributed by atoms with Crippen molar-refractivity contribution < 1.29 is 10.0 Å². The maximum absolute atomic E-state index is 12.1. The summed E-state index contributed by atoms with van der Waals surface area (Å²) in [6, 6.07) is 6.99. The Bertz CT molecular complexity index is 475. The third-order valence-electron chi connectivity index (χ3n) is 2.58. The quantitative estimate of drug-likeness (QED) is 0.363. The molecule has 1 aromatic rings. The molecule has 0 spiro atoms. The molecule has 0 bridgehead atoms. The number of carbonyl (C=O) groups excluding carboxylic acids is 1. The first-order chi connectivity index (χ1) is 8.27. The van der Waals surface area contributed by atoms with Gasteiger partial charge in [0.25, 0.3) is 0 Å². The Balaban J connectivity index is 3.08. The highest BCUT2D eigenvalue weighted by molar-refractivity contribution is 6.00. The second kappa shape index (κ2) is 5.08. The van der Waals surface area contributed by atoms with Gasteiger partial charge in [-0.3, -0.25) is 4.79 Å². The largest absolute Gasteiger partial charge is 0.409 e. The first-order valence-corrected chi connectivity index (χ1v) is 5.63. The summed E-state index contributed by atoms with van der Waals surface area (Å²) >= 11 is 0. The van der Waals surface area contributed by atoms with Gasteiger partial charge >= 0.3 is 0 Å². The zero-order chi connectivity index (χ0) is 13.9. The van der Waals surface area contributed by atoms with Gasteiger partial charge in [-0.15, -0.1) is 0 Å². The Morgan fingerprint density at radius 2 is 2.00 bits per heavy atom. The van der Waals surface area contributed by atoms with Crippen LogP contribution in [0.15, 0.2) is 29.4 Å². The molecule has 5 nitrogen and oxygen atoms in total. The Morgan fingerprint density at radius 1 is 1.39 bits per heavy atom. The summed E-state index contributed by atoms with van der Waals surface area (Å²) in [5.74, 6) is 0.0209. The van der Waals surface area contributed by atoms with Crippen molar-refractivity contribution in [2.75, 3.05) is 11.9 Å². The molecular formula is C13H19N3O2. The summed E-state index contributed by atoms with van der Waals surface area (Å²) in [7, 11) is 1.71. The molecule has 0 aliphatic heterocycles. The smallest absolute Gasteiger partial charge is 0.232 e. The first kappa shape index (κ1) is 14.0. The van der Waals surface area contributed by atoms with Crippen LogP contribution in [0, 0.1) is 5.41 Å². The van der Waals surface area contributed by atoms with Gasteiger partial charge in [0.05, 0.1) is 0 Å². The summed E-state index contributed by atoms with van der Waals surface area (Å²) < 4.78 is 0. The molecular weight excluding hydrogens is 230 g/mol. The lowest BCUT2D eigenvalue weighted by atomic mass is 9.94. The van der Waals surface area contributed by atoms with Crippen LogP contribution in [0.4, 0.5) is 5.69 Å². The molecule has 0 aliphatic rings. The van der Waals surface area contributed by atoms with E-state index in [2.05, 4.69) is 5.16 Å². The normalized spacial score (nSPS) is 12.3. The van der Waals surface area contributed by atoms with Crippen molar-refractivity contribution in [3.8, 4) is 0 Å². The Morgan fingerprint density at radius 3 is 2.50 bits per heavy atom. The predicted octanol–water partition coefficient (Wildman–Crippen LogP) is 1.79. The van der Waals surface area contributed by atoms with Gasteiger partial charge in [0.1, 0.15) is 0 Å².